The molecule has 26 heavy (non-hydrogen) atoms. The van der Waals surface area contributed by atoms with Crippen molar-refractivity contribution in [3.8, 4) is 17.1 Å². The van der Waals surface area contributed by atoms with Crippen molar-refractivity contribution < 1.29 is 9.66 Å². The van der Waals surface area contributed by atoms with Crippen molar-refractivity contribution in [3.63, 3.8) is 0 Å². The first kappa shape index (κ1) is 18.2. The Morgan fingerprint density at radius 2 is 1.92 bits per heavy atom. The van der Waals surface area contributed by atoms with E-state index in [1.165, 1.54) is 17.8 Å². The lowest BCUT2D eigenvalue weighted by atomic mass is 10.2. The lowest BCUT2D eigenvalue weighted by Crippen LogP contribution is -2.03. The number of ether oxygens (including phenoxy) is 1. The molecular weight excluding hydrogens is 376 g/mol. The largest absolute Gasteiger partial charge is 0.486 e. The highest BCUT2D eigenvalue weighted by Crippen LogP contribution is 2.27. The summed E-state index contributed by atoms with van der Waals surface area (Å²) < 4.78 is 7.42. The van der Waals surface area contributed by atoms with Gasteiger partial charge in [0.25, 0.3) is 0 Å². The number of rotatable bonds is 7. The molecule has 0 atom stereocenters. The predicted molar refractivity (Wildman–Crippen MR) is 101 cm³/mol. The van der Waals surface area contributed by atoms with E-state index in [0.29, 0.717) is 17.4 Å². The van der Waals surface area contributed by atoms with Crippen LogP contribution in [0.5, 0.6) is 5.75 Å². The second-order valence-corrected chi connectivity index (χ2v) is 6.79. The lowest BCUT2D eigenvalue weighted by Gasteiger charge is -2.07. The quantitative estimate of drug-likeness (QED) is 0.260. The molecule has 0 unspecified atom stereocenters. The third kappa shape index (κ3) is 4.14. The molecule has 2 aromatic carbocycles. The van der Waals surface area contributed by atoms with Gasteiger partial charge in [0.2, 0.25) is 0 Å². The van der Waals surface area contributed by atoms with E-state index >= 15 is 0 Å². The molecule has 0 fully saturated rings. The molecule has 1 aromatic heterocycles. The molecule has 0 radical (unpaired) electrons. The number of nitro benzene ring substituents is 1. The SMILES string of the molecule is Cn1c(SCCOc2ccccc2[N+](=O)[O-])nnc1-c1ccc(Cl)cc1. The number of hydrogen-bond donors (Lipinski definition) is 0. The van der Waals surface area contributed by atoms with Crippen molar-refractivity contribution >= 4 is 29.1 Å². The number of thioether (sulfide) groups is 1. The van der Waals surface area contributed by atoms with Gasteiger partial charge in [-0.3, -0.25) is 10.1 Å². The third-order valence-corrected chi connectivity index (χ3v) is 4.81. The van der Waals surface area contributed by atoms with Gasteiger partial charge in [-0.25, -0.2) is 0 Å². The maximum Gasteiger partial charge on any atom is 0.310 e. The summed E-state index contributed by atoms with van der Waals surface area (Å²) in [6.07, 6.45) is 0. The van der Waals surface area contributed by atoms with E-state index in [-0.39, 0.29) is 11.4 Å². The standard InChI is InChI=1S/C17H15ClN4O3S/c1-21-16(12-6-8-13(18)9-7-12)19-20-17(21)26-11-10-25-15-5-3-2-4-14(15)22(23)24/h2-9H,10-11H2,1H3. The van der Waals surface area contributed by atoms with Gasteiger partial charge in [0, 0.05) is 29.5 Å². The van der Waals surface area contributed by atoms with Crippen molar-refractivity contribution in [3.05, 3.63) is 63.7 Å². The second kappa shape index (κ2) is 8.20. The normalized spacial score (nSPS) is 10.7. The summed E-state index contributed by atoms with van der Waals surface area (Å²) in [6, 6.07) is 13.7. The van der Waals surface area contributed by atoms with E-state index < -0.39 is 4.92 Å². The highest BCUT2D eigenvalue weighted by Gasteiger charge is 2.14. The van der Waals surface area contributed by atoms with E-state index in [4.69, 9.17) is 16.3 Å². The summed E-state index contributed by atoms with van der Waals surface area (Å²) in [6.45, 7) is 0.318. The van der Waals surface area contributed by atoms with Crippen molar-refractivity contribution in [2.45, 2.75) is 5.16 Å². The van der Waals surface area contributed by atoms with Gasteiger partial charge in [0.05, 0.1) is 11.5 Å². The zero-order valence-corrected chi connectivity index (χ0v) is 15.4. The molecule has 0 spiro atoms. The fourth-order valence-electron chi connectivity index (χ4n) is 2.31. The Bertz CT molecular complexity index is 915. The van der Waals surface area contributed by atoms with Gasteiger partial charge in [0.1, 0.15) is 0 Å². The zero-order valence-electron chi connectivity index (χ0n) is 13.8. The van der Waals surface area contributed by atoms with Crippen LogP contribution in [0.2, 0.25) is 5.02 Å². The van der Waals surface area contributed by atoms with E-state index in [1.807, 2.05) is 23.7 Å². The van der Waals surface area contributed by atoms with Gasteiger partial charge in [-0.05, 0) is 30.3 Å². The summed E-state index contributed by atoms with van der Waals surface area (Å²) in [5, 5.41) is 20.8. The molecule has 0 bridgehead atoms. The summed E-state index contributed by atoms with van der Waals surface area (Å²) in [5.41, 5.74) is 0.883. The molecule has 1 heterocycles. The van der Waals surface area contributed by atoms with Crippen LogP contribution >= 0.6 is 23.4 Å². The number of para-hydroxylation sites is 2. The van der Waals surface area contributed by atoms with Crippen LogP contribution in [0.3, 0.4) is 0 Å². The zero-order chi connectivity index (χ0) is 18.5. The van der Waals surface area contributed by atoms with Crippen molar-refractivity contribution in [2.24, 2.45) is 7.05 Å². The first-order valence-corrected chi connectivity index (χ1v) is 9.07. The number of hydrogen-bond acceptors (Lipinski definition) is 6. The Hall–Kier alpha value is -2.58. The van der Waals surface area contributed by atoms with Crippen LogP contribution in [0.25, 0.3) is 11.4 Å². The molecule has 0 aliphatic heterocycles. The van der Waals surface area contributed by atoms with Gasteiger partial charge < -0.3 is 9.30 Å². The third-order valence-electron chi connectivity index (χ3n) is 3.57. The molecule has 9 heteroatoms. The fourth-order valence-corrected chi connectivity index (χ4v) is 3.16. The molecule has 0 aliphatic carbocycles. The Balaban J connectivity index is 1.59. The van der Waals surface area contributed by atoms with Crippen molar-refractivity contribution in [1.82, 2.24) is 14.8 Å². The molecule has 0 amide bonds. The Morgan fingerprint density at radius 1 is 1.19 bits per heavy atom. The smallest absolute Gasteiger partial charge is 0.310 e. The highest BCUT2D eigenvalue weighted by molar-refractivity contribution is 7.99. The summed E-state index contributed by atoms with van der Waals surface area (Å²) in [5.74, 6) is 1.58. The number of aromatic nitrogens is 3. The van der Waals surface area contributed by atoms with Crippen LogP contribution < -0.4 is 4.74 Å². The average molecular weight is 391 g/mol. The first-order chi connectivity index (χ1) is 12.6. The Kier molecular flexibility index (Phi) is 5.75. The highest BCUT2D eigenvalue weighted by atomic mass is 35.5. The van der Waals surface area contributed by atoms with Gasteiger partial charge in [0.15, 0.2) is 16.7 Å². The van der Waals surface area contributed by atoms with Crippen LogP contribution in [0, 0.1) is 10.1 Å². The minimum Gasteiger partial charge on any atom is -0.486 e. The van der Waals surface area contributed by atoms with E-state index in [1.54, 1.807) is 30.3 Å². The Morgan fingerprint density at radius 3 is 2.65 bits per heavy atom. The predicted octanol–water partition coefficient (Wildman–Crippen LogP) is 4.21. The van der Waals surface area contributed by atoms with Gasteiger partial charge in [-0.1, -0.05) is 35.5 Å². The van der Waals surface area contributed by atoms with Crippen LogP contribution in [-0.4, -0.2) is 32.0 Å². The summed E-state index contributed by atoms with van der Waals surface area (Å²) >= 11 is 7.37. The lowest BCUT2D eigenvalue weighted by molar-refractivity contribution is -0.385. The first-order valence-electron chi connectivity index (χ1n) is 7.70. The maximum atomic E-state index is 11.0. The molecule has 3 rings (SSSR count). The molecule has 0 saturated carbocycles. The van der Waals surface area contributed by atoms with Gasteiger partial charge >= 0.3 is 5.69 Å². The minimum atomic E-state index is -0.455. The van der Waals surface area contributed by atoms with Crippen LogP contribution in [-0.2, 0) is 7.05 Å². The second-order valence-electron chi connectivity index (χ2n) is 5.29. The van der Waals surface area contributed by atoms with Gasteiger partial charge in [-0.15, -0.1) is 10.2 Å². The van der Waals surface area contributed by atoms with Crippen molar-refractivity contribution in [1.29, 1.82) is 0 Å². The number of benzene rings is 2. The Labute approximate surface area is 159 Å². The summed E-state index contributed by atoms with van der Waals surface area (Å²) in [7, 11) is 1.88. The maximum absolute atomic E-state index is 11.0. The average Bonchev–Trinajstić information content (AvgIpc) is 3.00. The monoisotopic (exact) mass is 390 g/mol. The number of nitro groups is 1. The fraction of sp³-hybridized carbons (Fsp3) is 0.176. The van der Waals surface area contributed by atoms with Crippen molar-refractivity contribution in [2.75, 3.05) is 12.4 Å². The van der Waals surface area contributed by atoms with E-state index in [9.17, 15) is 10.1 Å². The molecule has 3 aromatic rings. The minimum absolute atomic E-state index is 0.0406. The topological polar surface area (TPSA) is 83.1 Å². The molecule has 134 valence electrons. The van der Waals surface area contributed by atoms with Crippen LogP contribution in [0.4, 0.5) is 5.69 Å². The number of nitrogens with zero attached hydrogens (tertiary/aromatic N) is 4. The summed E-state index contributed by atoms with van der Waals surface area (Å²) in [4.78, 5) is 10.5. The van der Waals surface area contributed by atoms with E-state index in [0.717, 1.165) is 16.5 Å². The van der Waals surface area contributed by atoms with Crippen LogP contribution in [0.15, 0.2) is 53.7 Å². The molecular formula is C17H15ClN4O3S. The molecule has 7 nitrogen and oxygen atoms in total. The van der Waals surface area contributed by atoms with E-state index in [2.05, 4.69) is 10.2 Å². The molecule has 0 aliphatic rings. The molecule has 0 N–H and O–H groups in total. The number of halogens is 1. The van der Waals surface area contributed by atoms with Crippen LogP contribution in [0.1, 0.15) is 0 Å². The molecule has 0 saturated heterocycles. The van der Waals surface area contributed by atoms with Gasteiger partial charge in [-0.2, -0.15) is 0 Å².